The summed E-state index contributed by atoms with van der Waals surface area (Å²) in [6, 6.07) is 0. The van der Waals surface area contributed by atoms with Crippen molar-refractivity contribution >= 4 is 12.4 Å². The Labute approximate surface area is 109 Å². The van der Waals surface area contributed by atoms with Gasteiger partial charge in [-0.25, -0.2) is 4.79 Å². The van der Waals surface area contributed by atoms with Crippen LogP contribution < -0.4 is 0 Å². The molecule has 1 heterocycles. The van der Waals surface area contributed by atoms with Crippen LogP contribution in [0.4, 0.5) is 4.79 Å². The maximum absolute atomic E-state index is 12.0. The van der Waals surface area contributed by atoms with Gasteiger partial charge in [0.1, 0.15) is 11.9 Å². The predicted octanol–water partition coefficient (Wildman–Crippen LogP) is 2.47. The van der Waals surface area contributed by atoms with Gasteiger partial charge in [-0.05, 0) is 51.9 Å². The van der Waals surface area contributed by atoms with Crippen molar-refractivity contribution in [1.29, 1.82) is 0 Å². The van der Waals surface area contributed by atoms with E-state index >= 15 is 0 Å². The summed E-state index contributed by atoms with van der Waals surface area (Å²) in [5.41, 5.74) is -0.436. The number of amides is 1. The first-order chi connectivity index (χ1) is 8.40. The van der Waals surface area contributed by atoms with E-state index in [-0.39, 0.29) is 12.0 Å². The molecule has 0 radical (unpaired) electrons. The Morgan fingerprint density at radius 3 is 2.67 bits per heavy atom. The molecule has 18 heavy (non-hydrogen) atoms. The zero-order chi connectivity index (χ0) is 13.3. The third-order valence-electron chi connectivity index (χ3n) is 3.78. The highest BCUT2D eigenvalue weighted by Gasteiger charge is 2.44. The number of hydrogen-bond donors (Lipinski definition) is 0. The minimum absolute atomic E-state index is 0.212. The van der Waals surface area contributed by atoms with Gasteiger partial charge in [0.05, 0.1) is 0 Å². The Hall–Kier alpha value is -1.06. The van der Waals surface area contributed by atoms with Crippen LogP contribution in [0.15, 0.2) is 0 Å². The molecule has 4 nitrogen and oxygen atoms in total. The number of carbonyl (C=O) groups excluding carboxylic acids is 2. The summed E-state index contributed by atoms with van der Waals surface area (Å²) in [5.74, 6) is 1.24. The van der Waals surface area contributed by atoms with Gasteiger partial charge in [-0.3, -0.25) is 0 Å². The molecule has 1 aliphatic heterocycles. The van der Waals surface area contributed by atoms with Crippen molar-refractivity contribution < 1.29 is 14.3 Å². The number of hydrogen-bond acceptors (Lipinski definition) is 3. The second-order valence-corrected chi connectivity index (χ2v) is 6.53. The number of rotatable bonds is 2. The number of nitrogens with zero attached hydrogens (tertiary/aromatic N) is 1. The third-order valence-corrected chi connectivity index (χ3v) is 3.78. The molecule has 4 heteroatoms. The molecule has 1 saturated carbocycles. The topological polar surface area (TPSA) is 46.6 Å². The molecule has 0 N–H and O–H groups in total. The van der Waals surface area contributed by atoms with Crippen molar-refractivity contribution in [2.24, 2.45) is 17.8 Å². The molecule has 1 aliphatic carbocycles. The summed E-state index contributed by atoms with van der Waals surface area (Å²) >= 11 is 0. The van der Waals surface area contributed by atoms with E-state index in [4.69, 9.17) is 4.74 Å². The smallest absolute Gasteiger partial charge is 0.410 e. The molecular formula is C14H23NO3. The van der Waals surface area contributed by atoms with Crippen molar-refractivity contribution in [1.82, 2.24) is 4.90 Å². The Kier molecular flexibility index (Phi) is 3.64. The summed E-state index contributed by atoms with van der Waals surface area (Å²) < 4.78 is 5.40. The molecule has 2 fully saturated rings. The second kappa shape index (κ2) is 4.90. The molecule has 1 saturated heterocycles. The van der Waals surface area contributed by atoms with E-state index in [1.807, 2.05) is 20.8 Å². The molecule has 2 aliphatic rings. The van der Waals surface area contributed by atoms with Crippen molar-refractivity contribution in [2.75, 3.05) is 13.1 Å². The maximum atomic E-state index is 12.0. The van der Waals surface area contributed by atoms with Crippen LogP contribution in [0.5, 0.6) is 0 Å². The van der Waals surface area contributed by atoms with Crippen LogP contribution in [0, 0.1) is 17.8 Å². The molecule has 0 aromatic rings. The fourth-order valence-electron chi connectivity index (χ4n) is 2.79. The van der Waals surface area contributed by atoms with E-state index in [1.165, 1.54) is 0 Å². The summed E-state index contributed by atoms with van der Waals surface area (Å²) in [6.45, 7) is 7.19. The third kappa shape index (κ3) is 3.24. The van der Waals surface area contributed by atoms with Gasteiger partial charge in [0.15, 0.2) is 0 Å². The van der Waals surface area contributed by atoms with Gasteiger partial charge < -0.3 is 14.4 Å². The van der Waals surface area contributed by atoms with Crippen LogP contribution in [0.1, 0.15) is 40.0 Å². The lowest BCUT2D eigenvalue weighted by atomic mass is 9.92. The molecule has 0 bridgehead atoms. The molecular weight excluding hydrogens is 230 g/mol. The van der Waals surface area contributed by atoms with Crippen molar-refractivity contribution in [3.05, 3.63) is 0 Å². The lowest BCUT2D eigenvalue weighted by Gasteiger charge is -2.34. The number of carbonyl (C=O) groups is 2. The maximum Gasteiger partial charge on any atom is 0.410 e. The van der Waals surface area contributed by atoms with Gasteiger partial charge >= 0.3 is 6.09 Å². The van der Waals surface area contributed by atoms with E-state index in [2.05, 4.69) is 0 Å². The van der Waals surface area contributed by atoms with Crippen LogP contribution >= 0.6 is 0 Å². The lowest BCUT2D eigenvalue weighted by Crippen LogP contribution is -2.43. The molecule has 0 spiro atoms. The monoisotopic (exact) mass is 253 g/mol. The van der Waals surface area contributed by atoms with E-state index in [9.17, 15) is 9.59 Å². The lowest BCUT2D eigenvalue weighted by molar-refractivity contribution is -0.109. The average Bonchev–Trinajstić information content (AvgIpc) is 3.06. The fourth-order valence-corrected chi connectivity index (χ4v) is 2.79. The number of piperidine rings is 1. The van der Waals surface area contributed by atoms with Crippen LogP contribution in [0.3, 0.4) is 0 Å². The molecule has 0 aromatic heterocycles. The SMILES string of the molecule is CC(C)(C)OC(=O)N1CCCC(C2CC2C=O)C1. The first-order valence-electron chi connectivity index (χ1n) is 6.84. The van der Waals surface area contributed by atoms with Gasteiger partial charge in [0.25, 0.3) is 0 Å². The zero-order valence-corrected chi connectivity index (χ0v) is 11.5. The van der Waals surface area contributed by atoms with Crippen molar-refractivity contribution in [3.63, 3.8) is 0 Å². The largest absolute Gasteiger partial charge is 0.444 e. The summed E-state index contributed by atoms with van der Waals surface area (Å²) in [4.78, 5) is 24.5. The predicted molar refractivity (Wildman–Crippen MR) is 68.2 cm³/mol. The number of ether oxygens (including phenoxy) is 1. The zero-order valence-electron chi connectivity index (χ0n) is 11.5. The highest BCUT2D eigenvalue weighted by molar-refractivity contribution is 5.68. The second-order valence-electron chi connectivity index (χ2n) is 6.53. The van der Waals surface area contributed by atoms with Crippen LogP contribution in [0.2, 0.25) is 0 Å². The Morgan fingerprint density at radius 2 is 2.11 bits per heavy atom. The van der Waals surface area contributed by atoms with Gasteiger partial charge in [0, 0.05) is 19.0 Å². The molecule has 3 unspecified atom stereocenters. The first-order valence-corrected chi connectivity index (χ1v) is 6.84. The highest BCUT2D eigenvalue weighted by Crippen LogP contribution is 2.45. The Balaban J connectivity index is 1.87. The van der Waals surface area contributed by atoms with E-state index in [0.717, 1.165) is 38.6 Å². The van der Waals surface area contributed by atoms with Crippen LogP contribution in [-0.2, 0) is 9.53 Å². The summed E-state index contributed by atoms with van der Waals surface area (Å²) in [5, 5.41) is 0. The van der Waals surface area contributed by atoms with Crippen molar-refractivity contribution in [3.8, 4) is 0 Å². The van der Waals surface area contributed by atoms with E-state index < -0.39 is 5.60 Å². The summed E-state index contributed by atoms with van der Waals surface area (Å²) in [6.07, 6.45) is 4.02. The molecule has 102 valence electrons. The minimum atomic E-state index is -0.436. The fraction of sp³-hybridized carbons (Fsp3) is 0.857. The molecule has 2 rings (SSSR count). The van der Waals surface area contributed by atoms with Gasteiger partial charge in [-0.15, -0.1) is 0 Å². The van der Waals surface area contributed by atoms with Crippen LogP contribution in [0.25, 0.3) is 0 Å². The molecule has 1 amide bonds. The van der Waals surface area contributed by atoms with Crippen LogP contribution in [-0.4, -0.2) is 36.0 Å². The van der Waals surface area contributed by atoms with Gasteiger partial charge in [-0.2, -0.15) is 0 Å². The Morgan fingerprint density at radius 1 is 1.39 bits per heavy atom. The highest BCUT2D eigenvalue weighted by atomic mass is 16.6. The molecule has 0 aromatic carbocycles. The van der Waals surface area contributed by atoms with Crippen molar-refractivity contribution in [2.45, 2.75) is 45.6 Å². The quantitative estimate of drug-likeness (QED) is 0.710. The van der Waals surface area contributed by atoms with Gasteiger partial charge in [-0.1, -0.05) is 0 Å². The molecule has 3 atom stereocenters. The van der Waals surface area contributed by atoms with Gasteiger partial charge in [0.2, 0.25) is 0 Å². The van der Waals surface area contributed by atoms with E-state index in [1.54, 1.807) is 4.90 Å². The Bertz CT molecular complexity index is 334. The minimum Gasteiger partial charge on any atom is -0.444 e. The number of aldehydes is 1. The standard InChI is InChI=1S/C14H23NO3/c1-14(2,3)18-13(17)15-6-4-5-10(8-15)12-7-11(12)9-16/h9-12H,4-8H2,1-3H3. The average molecular weight is 253 g/mol. The summed E-state index contributed by atoms with van der Waals surface area (Å²) in [7, 11) is 0. The number of likely N-dealkylation sites (tertiary alicyclic amines) is 1. The van der Waals surface area contributed by atoms with E-state index in [0.29, 0.717) is 11.8 Å². The normalized spacial score (nSPS) is 31.9. The first kappa shape index (κ1) is 13.4.